The van der Waals surface area contributed by atoms with Crippen LogP contribution in [0, 0.1) is 0 Å². The van der Waals surface area contributed by atoms with Gasteiger partial charge in [-0.2, -0.15) is 0 Å². The summed E-state index contributed by atoms with van der Waals surface area (Å²) in [7, 11) is 4.67. The fourth-order valence-electron chi connectivity index (χ4n) is 2.03. The lowest BCUT2D eigenvalue weighted by Crippen LogP contribution is -2.58. The second-order valence-corrected chi connectivity index (χ2v) is 4.61. The van der Waals surface area contributed by atoms with Crippen LogP contribution in [0.15, 0.2) is 0 Å². The Hall–Kier alpha value is 0.0569. The summed E-state index contributed by atoms with van der Waals surface area (Å²) in [5, 5.41) is 3.33. The topological polar surface area (TPSA) is 33.7 Å². The summed E-state index contributed by atoms with van der Waals surface area (Å²) in [6.07, 6.45) is 0.978. The highest BCUT2D eigenvalue weighted by atomic mass is 28.1. The van der Waals surface area contributed by atoms with E-state index in [2.05, 4.69) is 10.2 Å². The van der Waals surface area contributed by atoms with Crippen LogP contribution in [0.4, 0.5) is 0 Å². The summed E-state index contributed by atoms with van der Waals surface area (Å²) >= 11 is 0. The molecule has 0 unspecified atom stereocenters. The number of nitrogens with zero attached hydrogens (tertiary/aromatic N) is 1. The zero-order valence-corrected chi connectivity index (χ0v) is 11.5. The van der Waals surface area contributed by atoms with Crippen LogP contribution in [0.5, 0.6) is 0 Å². The van der Waals surface area contributed by atoms with Crippen molar-refractivity contribution in [3.63, 3.8) is 0 Å². The van der Waals surface area contributed by atoms with Gasteiger partial charge in [-0.1, -0.05) is 6.04 Å². The molecule has 1 rings (SSSR count). The molecule has 1 N–H and O–H groups in total. The van der Waals surface area contributed by atoms with Crippen molar-refractivity contribution in [1.82, 2.24) is 10.2 Å². The van der Waals surface area contributed by atoms with E-state index in [1.807, 2.05) is 0 Å². The molecule has 0 spiro atoms. The second kappa shape index (κ2) is 5.82. The van der Waals surface area contributed by atoms with Crippen molar-refractivity contribution >= 4 is 10.2 Å². The highest BCUT2D eigenvalue weighted by molar-refractivity contribution is 6.08. The molecular formula is C9H22N2O2Si. The molecule has 14 heavy (non-hydrogen) atoms. The number of hydrogen-bond acceptors (Lipinski definition) is 4. The Balaban J connectivity index is 2.62. The molecule has 5 heteroatoms. The SMILES string of the molecule is COC(CC[SiH3])(OC)N1CCNCC1. The van der Waals surface area contributed by atoms with Crippen LogP contribution in [-0.2, 0) is 9.47 Å². The van der Waals surface area contributed by atoms with Crippen LogP contribution in [0.3, 0.4) is 0 Å². The molecule has 1 aliphatic heterocycles. The van der Waals surface area contributed by atoms with Crippen molar-refractivity contribution in [3.05, 3.63) is 0 Å². The molecule has 0 aliphatic carbocycles. The molecule has 0 atom stereocenters. The van der Waals surface area contributed by atoms with Gasteiger partial charge >= 0.3 is 0 Å². The van der Waals surface area contributed by atoms with Gasteiger partial charge in [0, 0.05) is 57.1 Å². The molecule has 0 amide bonds. The minimum atomic E-state index is -0.468. The standard InChI is InChI=1S/C9H22N2O2Si/c1-12-9(13-2,3-8-14)11-6-4-10-5-7-11/h10H,3-8H2,1-2,14H3. The van der Waals surface area contributed by atoms with Crippen molar-refractivity contribution in [2.75, 3.05) is 40.4 Å². The Kier molecular flexibility index (Phi) is 5.04. The van der Waals surface area contributed by atoms with E-state index in [0.717, 1.165) is 32.6 Å². The predicted molar refractivity (Wildman–Crippen MR) is 60.6 cm³/mol. The first-order valence-corrected chi connectivity index (χ1v) is 6.76. The fraction of sp³-hybridized carbons (Fsp3) is 1.00. The van der Waals surface area contributed by atoms with Crippen LogP contribution >= 0.6 is 0 Å². The van der Waals surface area contributed by atoms with Gasteiger partial charge in [0.05, 0.1) is 0 Å². The lowest BCUT2D eigenvalue weighted by Gasteiger charge is -2.43. The number of nitrogens with one attached hydrogen (secondary N) is 1. The summed E-state index contributed by atoms with van der Waals surface area (Å²) in [6.45, 7) is 4.05. The summed E-state index contributed by atoms with van der Waals surface area (Å²) in [4.78, 5) is 2.29. The molecule has 0 aromatic heterocycles. The van der Waals surface area contributed by atoms with Gasteiger partial charge in [0.2, 0.25) is 5.91 Å². The predicted octanol–water partition coefficient (Wildman–Crippen LogP) is -0.988. The Morgan fingerprint density at radius 2 is 1.86 bits per heavy atom. The average molecular weight is 218 g/mol. The summed E-state index contributed by atoms with van der Waals surface area (Å²) in [5.41, 5.74) is 0. The van der Waals surface area contributed by atoms with E-state index in [1.54, 1.807) is 14.2 Å². The van der Waals surface area contributed by atoms with Crippen LogP contribution in [0.2, 0.25) is 6.04 Å². The molecule has 4 nitrogen and oxygen atoms in total. The summed E-state index contributed by atoms with van der Waals surface area (Å²) < 4.78 is 11.1. The van der Waals surface area contributed by atoms with Crippen molar-refractivity contribution in [1.29, 1.82) is 0 Å². The second-order valence-electron chi connectivity index (χ2n) is 3.61. The first kappa shape index (κ1) is 12.1. The lowest BCUT2D eigenvalue weighted by atomic mass is 10.2. The Morgan fingerprint density at radius 3 is 2.29 bits per heavy atom. The van der Waals surface area contributed by atoms with E-state index < -0.39 is 5.91 Å². The molecule has 0 radical (unpaired) electrons. The number of methoxy groups -OCH3 is 2. The third-order valence-electron chi connectivity index (χ3n) is 2.80. The normalized spacial score (nSPS) is 20.1. The molecule has 0 aromatic rings. The van der Waals surface area contributed by atoms with Crippen LogP contribution in [0.1, 0.15) is 6.42 Å². The highest BCUT2D eigenvalue weighted by Crippen LogP contribution is 2.23. The van der Waals surface area contributed by atoms with Gasteiger partial charge in [0.25, 0.3) is 0 Å². The maximum atomic E-state index is 5.57. The Bertz CT molecular complexity index is 159. The minimum Gasteiger partial charge on any atom is -0.341 e. The largest absolute Gasteiger partial charge is 0.341 e. The van der Waals surface area contributed by atoms with Gasteiger partial charge in [-0.25, -0.2) is 4.90 Å². The maximum Gasteiger partial charge on any atom is 0.229 e. The first-order chi connectivity index (χ1) is 6.79. The van der Waals surface area contributed by atoms with E-state index in [4.69, 9.17) is 9.47 Å². The van der Waals surface area contributed by atoms with Crippen LogP contribution in [0.25, 0.3) is 0 Å². The van der Waals surface area contributed by atoms with Gasteiger partial charge in [0.1, 0.15) is 0 Å². The summed E-state index contributed by atoms with van der Waals surface area (Å²) in [6, 6.07) is 1.20. The van der Waals surface area contributed by atoms with Gasteiger partial charge in [-0.05, 0) is 0 Å². The molecule has 1 fully saturated rings. The van der Waals surface area contributed by atoms with Crippen molar-refractivity contribution in [2.24, 2.45) is 0 Å². The van der Waals surface area contributed by atoms with E-state index in [-0.39, 0.29) is 0 Å². The van der Waals surface area contributed by atoms with E-state index in [1.165, 1.54) is 16.3 Å². The van der Waals surface area contributed by atoms with Crippen LogP contribution in [-0.4, -0.2) is 61.5 Å². The number of ether oxygens (including phenoxy) is 2. The van der Waals surface area contributed by atoms with Crippen molar-refractivity contribution < 1.29 is 9.47 Å². The van der Waals surface area contributed by atoms with Gasteiger partial charge < -0.3 is 14.8 Å². The van der Waals surface area contributed by atoms with E-state index in [0.29, 0.717) is 0 Å². The zero-order valence-electron chi connectivity index (χ0n) is 9.51. The van der Waals surface area contributed by atoms with E-state index in [9.17, 15) is 0 Å². The van der Waals surface area contributed by atoms with Gasteiger partial charge in [0.15, 0.2) is 0 Å². The smallest absolute Gasteiger partial charge is 0.229 e. The van der Waals surface area contributed by atoms with E-state index >= 15 is 0 Å². The average Bonchev–Trinajstić information content (AvgIpc) is 2.27. The number of piperazine rings is 1. The lowest BCUT2D eigenvalue weighted by molar-refractivity contribution is -0.298. The number of rotatable bonds is 5. The third-order valence-corrected chi connectivity index (χ3v) is 3.30. The van der Waals surface area contributed by atoms with Crippen LogP contribution < -0.4 is 5.32 Å². The molecule has 0 bridgehead atoms. The Labute approximate surface area is 89.4 Å². The van der Waals surface area contributed by atoms with Crippen molar-refractivity contribution in [2.45, 2.75) is 18.4 Å². The molecule has 84 valence electrons. The van der Waals surface area contributed by atoms with Crippen molar-refractivity contribution in [3.8, 4) is 0 Å². The molecule has 0 saturated carbocycles. The molecule has 1 heterocycles. The maximum absolute atomic E-state index is 5.57. The quantitative estimate of drug-likeness (QED) is 0.475. The summed E-state index contributed by atoms with van der Waals surface area (Å²) in [5.74, 6) is -0.468. The monoisotopic (exact) mass is 218 g/mol. The zero-order chi connectivity index (χ0) is 10.4. The molecule has 1 aliphatic rings. The van der Waals surface area contributed by atoms with Gasteiger partial charge in [-0.3, -0.25) is 0 Å². The molecule has 1 saturated heterocycles. The van der Waals surface area contributed by atoms with Gasteiger partial charge in [-0.15, -0.1) is 0 Å². The minimum absolute atomic E-state index is 0.468. The molecular weight excluding hydrogens is 196 g/mol. The highest BCUT2D eigenvalue weighted by Gasteiger charge is 2.36. The fourth-order valence-corrected chi connectivity index (χ4v) is 2.66. The molecule has 0 aromatic carbocycles. The first-order valence-electron chi connectivity index (χ1n) is 5.35. The third kappa shape index (κ3) is 2.55. The number of hydrogen-bond donors (Lipinski definition) is 1. The Morgan fingerprint density at radius 1 is 1.29 bits per heavy atom.